The van der Waals surface area contributed by atoms with Crippen molar-refractivity contribution in [2.75, 3.05) is 13.7 Å². The van der Waals surface area contributed by atoms with Crippen molar-refractivity contribution in [1.82, 2.24) is 10.3 Å². The quantitative estimate of drug-likeness (QED) is 0.387. The van der Waals surface area contributed by atoms with Gasteiger partial charge in [-0.2, -0.15) is 0 Å². The number of carbonyl (C=O) groups is 2. The van der Waals surface area contributed by atoms with Crippen molar-refractivity contribution < 1.29 is 27.8 Å². The number of nitrogens with zero attached hydrogens (tertiary/aromatic N) is 2. The van der Waals surface area contributed by atoms with Crippen LogP contribution >= 0.6 is 27.3 Å². The van der Waals surface area contributed by atoms with Gasteiger partial charge in [0, 0.05) is 17.3 Å². The molecule has 1 fully saturated rings. The second-order valence-corrected chi connectivity index (χ2v) is 9.91. The lowest BCUT2D eigenvalue weighted by Gasteiger charge is -2.34. The third-order valence-corrected chi connectivity index (χ3v) is 7.82. The SMILES string of the molecule is CCOC(=O)C1=C([C@H]2CC[C@H](C(=O)OC)CC2)NC(c2nccs2)=NC1c1ccc(F)c(F)c1Br. The predicted octanol–water partition coefficient (Wildman–Crippen LogP) is 5.07. The van der Waals surface area contributed by atoms with Crippen molar-refractivity contribution in [2.24, 2.45) is 16.8 Å². The van der Waals surface area contributed by atoms with Crippen molar-refractivity contribution in [2.45, 2.75) is 38.6 Å². The van der Waals surface area contributed by atoms with E-state index < -0.39 is 23.6 Å². The summed E-state index contributed by atoms with van der Waals surface area (Å²) in [6.45, 7) is 1.84. The van der Waals surface area contributed by atoms with Crippen LogP contribution in [0.4, 0.5) is 8.78 Å². The maximum atomic E-state index is 14.5. The van der Waals surface area contributed by atoms with Gasteiger partial charge in [-0.15, -0.1) is 11.3 Å². The van der Waals surface area contributed by atoms with E-state index in [1.54, 1.807) is 18.5 Å². The van der Waals surface area contributed by atoms with Gasteiger partial charge >= 0.3 is 11.9 Å². The van der Waals surface area contributed by atoms with Crippen LogP contribution in [-0.4, -0.2) is 36.5 Å². The molecular weight excluding hydrogens is 544 g/mol. The monoisotopic (exact) mass is 567 g/mol. The topological polar surface area (TPSA) is 89.9 Å². The number of hydrogen-bond acceptors (Lipinski definition) is 8. The summed E-state index contributed by atoms with van der Waals surface area (Å²) in [4.78, 5) is 34.3. The summed E-state index contributed by atoms with van der Waals surface area (Å²) in [5.74, 6) is -2.78. The lowest BCUT2D eigenvalue weighted by Crippen LogP contribution is -2.38. The molecule has 2 aliphatic rings. The molecule has 0 bridgehead atoms. The van der Waals surface area contributed by atoms with Crippen molar-refractivity contribution in [1.29, 1.82) is 0 Å². The first-order valence-electron chi connectivity index (χ1n) is 11.2. The van der Waals surface area contributed by atoms with Crippen LogP contribution in [0, 0.1) is 23.5 Å². The van der Waals surface area contributed by atoms with Crippen LogP contribution in [0.1, 0.15) is 49.2 Å². The number of allylic oxidation sites excluding steroid dienone is 1. The number of aliphatic imine (C=N–C) groups is 1. The van der Waals surface area contributed by atoms with Crippen LogP contribution in [0.5, 0.6) is 0 Å². The molecule has 7 nitrogen and oxygen atoms in total. The lowest BCUT2D eigenvalue weighted by atomic mass is 9.78. The van der Waals surface area contributed by atoms with Gasteiger partial charge in [0.05, 0.1) is 29.7 Å². The van der Waals surface area contributed by atoms with Crippen LogP contribution in [0.2, 0.25) is 0 Å². The third-order valence-electron chi connectivity index (χ3n) is 6.23. The maximum Gasteiger partial charge on any atom is 0.338 e. The van der Waals surface area contributed by atoms with Crippen molar-refractivity contribution in [3.05, 3.63) is 61.7 Å². The van der Waals surface area contributed by atoms with E-state index in [-0.39, 0.29) is 34.5 Å². The van der Waals surface area contributed by atoms with Crippen LogP contribution < -0.4 is 5.32 Å². The summed E-state index contributed by atoms with van der Waals surface area (Å²) >= 11 is 4.52. The van der Waals surface area contributed by atoms with E-state index in [0.717, 1.165) is 6.07 Å². The fourth-order valence-electron chi connectivity index (χ4n) is 4.53. The zero-order chi connectivity index (χ0) is 25.1. The summed E-state index contributed by atoms with van der Waals surface area (Å²) in [6, 6.07) is 1.47. The van der Waals surface area contributed by atoms with Gasteiger partial charge in [-0.3, -0.25) is 9.79 Å². The number of nitrogens with one attached hydrogen (secondary N) is 1. The number of amidine groups is 1. The average Bonchev–Trinajstić information content (AvgIpc) is 3.41. The van der Waals surface area contributed by atoms with E-state index in [4.69, 9.17) is 14.5 Å². The second kappa shape index (κ2) is 10.9. The molecule has 1 N–H and O–H groups in total. The first-order chi connectivity index (χ1) is 16.8. The second-order valence-electron chi connectivity index (χ2n) is 8.23. The van der Waals surface area contributed by atoms with Crippen LogP contribution in [0.25, 0.3) is 0 Å². The molecule has 0 spiro atoms. The molecule has 1 aromatic carbocycles. The Morgan fingerprint density at radius 1 is 1.23 bits per heavy atom. The number of aromatic nitrogens is 1. The predicted molar refractivity (Wildman–Crippen MR) is 130 cm³/mol. The van der Waals surface area contributed by atoms with Gasteiger partial charge in [0.25, 0.3) is 0 Å². The van der Waals surface area contributed by atoms with Gasteiger partial charge in [-0.05, 0) is 66.1 Å². The van der Waals surface area contributed by atoms with Crippen LogP contribution in [-0.2, 0) is 19.1 Å². The van der Waals surface area contributed by atoms with E-state index in [1.807, 2.05) is 0 Å². The molecule has 0 saturated heterocycles. The summed E-state index contributed by atoms with van der Waals surface area (Å²) in [7, 11) is 1.37. The molecule has 1 saturated carbocycles. The highest BCUT2D eigenvalue weighted by Crippen LogP contribution is 2.42. The summed E-state index contributed by atoms with van der Waals surface area (Å²) in [5, 5.41) is 5.69. The van der Waals surface area contributed by atoms with Gasteiger partial charge in [0.1, 0.15) is 6.04 Å². The summed E-state index contributed by atoms with van der Waals surface area (Å²) in [5.41, 5.74) is 1.14. The smallest absolute Gasteiger partial charge is 0.338 e. The Labute approximate surface area is 213 Å². The Morgan fingerprint density at radius 2 is 1.97 bits per heavy atom. The largest absolute Gasteiger partial charge is 0.469 e. The van der Waals surface area contributed by atoms with Crippen molar-refractivity contribution >= 4 is 45.0 Å². The number of rotatable bonds is 6. The number of benzene rings is 1. The van der Waals surface area contributed by atoms with Gasteiger partial charge in [0.15, 0.2) is 22.5 Å². The molecule has 1 unspecified atom stereocenters. The molecule has 4 rings (SSSR count). The van der Waals surface area contributed by atoms with E-state index in [2.05, 4.69) is 26.2 Å². The molecule has 0 radical (unpaired) electrons. The maximum absolute atomic E-state index is 14.5. The number of methoxy groups -OCH3 is 1. The highest BCUT2D eigenvalue weighted by Gasteiger charge is 2.39. The van der Waals surface area contributed by atoms with Gasteiger partial charge < -0.3 is 14.8 Å². The molecule has 1 aliphatic carbocycles. The molecule has 1 aromatic heterocycles. The van der Waals surface area contributed by atoms with E-state index in [9.17, 15) is 18.4 Å². The number of thiazole rings is 1. The Kier molecular flexibility index (Phi) is 7.95. The van der Waals surface area contributed by atoms with Crippen LogP contribution in [0.3, 0.4) is 0 Å². The summed E-state index contributed by atoms with van der Waals surface area (Å²) < 4.78 is 38.6. The molecule has 186 valence electrons. The minimum atomic E-state index is -1.06. The highest BCUT2D eigenvalue weighted by molar-refractivity contribution is 9.10. The first kappa shape index (κ1) is 25.4. The molecule has 1 atom stereocenters. The minimum absolute atomic E-state index is 0.104. The Balaban J connectivity index is 1.82. The van der Waals surface area contributed by atoms with Gasteiger partial charge in [0.2, 0.25) is 0 Å². The van der Waals surface area contributed by atoms with E-state index >= 15 is 0 Å². The Bertz CT molecular complexity index is 1180. The third kappa shape index (κ3) is 5.16. The number of carbonyl (C=O) groups excluding carboxylic acids is 2. The Morgan fingerprint density at radius 3 is 2.60 bits per heavy atom. The molecule has 2 aromatic rings. The van der Waals surface area contributed by atoms with E-state index in [0.29, 0.717) is 47.8 Å². The molecule has 1 aliphatic heterocycles. The number of halogens is 3. The minimum Gasteiger partial charge on any atom is -0.469 e. The zero-order valence-corrected chi connectivity index (χ0v) is 21.5. The highest BCUT2D eigenvalue weighted by atomic mass is 79.9. The molecule has 2 heterocycles. The number of esters is 2. The van der Waals surface area contributed by atoms with Crippen molar-refractivity contribution in [3.63, 3.8) is 0 Å². The Hall–Kier alpha value is -2.66. The van der Waals surface area contributed by atoms with Crippen molar-refractivity contribution in [3.8, 4) is 0 Å². The van der Waals surface area contributed by atoms with Crippen LogP contribution in [0.15, 0.2) is 44.4 Å². The normalized spacial score (nSPS) is 22.3. The first-order valence-corrected chi connectivity index (χ1v) is 12.9. The molecular formula is C24H24BrF2N3O4S. The van der Waals surface area contributed by atoms with Gasteiger partial charge in [-0.1, -0.05) is 6.07 Å². The summed E-state index contributed by atoms with van der Waals surface area (Å²) in [6.07, 6.45) is 4.09. The average molecular weight is 568 g/mol. The molecule has 11 heteroatoms. The standard InChI is InChI=1S/C24H24BrF2N3O4S/c1-3-34-24(32)16-19(12-4-6-13(7-5-12)23(31)33-2)29-21(22-28-10-11-35-22)30-20(16)14-8-9-15(26)18(27)17(14)25/h8-13,20H,3-7H2,1-2H3,(H,29,30)/t12-,13-,20?. The fourth-order valence-corrected chi connectivity index (χ4v) is 5.66. The fraction of sp³-hybridized carbons (Fsp3) is 0.417. The zero-order valence-electron chi connectivity index (χ0n) is 19.1. The number of hydrogen-bond donors (Lipinski definition) is 1. The molecule has 0 amide bonds. The van der Waals surface area contributed by atoms with Gasteiger partial charge in [-0.25, -0.2) is 18.6 Å². The lowest BCUT2D eigenvalue weighted by molar-refractivity contribution is -0.146. The number of ether oxygens (including phenoxy) is 2. The molecule has 35 heavy (non-hydrogen) atoms. The van der Waals surface area contributed by atoms with E-state index in [1.165, 1.54) is 24.5 Å².